The van der Waals surface area contributed by atoms with Crippen LogP contribution < -0.4 is 20.9 Å². The number of hydrogen-bond acceptors (Lipinski definition) is 5. The van der Waals surface area contributed by atoms with Gasteiger partial charge in [-0.05, 0) is 47.4 Å². The molecule has 3 aromatic rings. The average Bonchev–Trinajstić information content (AvgIpc) is 3.29. The Morgan fingerprint density at radius 2 is 1.77 bits per heavy atom. The Morgan fingerprint density at radius 3 is 2.51 bits per heavy atom. The fourth-order valence-electron chi connectivity index (χ4n) is 4.48. The van der Waals surface area contributed by atoms with Crippen LogP contribution in [0.5, 0.6) is 0 Å². The zero-order chi connectivity index (χ0) is 27.8. The molecule has 3 amide bonds. The molecule has 0 saturated heterocycles. The predicted molar refractivity (Wildman–Crippen MR) is 149 cm³/mol. The zero-order valence-corrected chi connectivity index (χ0v) is 21.9. The molecule has 0 spiro atoms. The molecule has 0 radical (unpaired) electrons. The van der Waals surface area contributed by atoms with Gasteiger partial charge in [-0.15, -0.1) is 0 Å². The lowest BCUT2D eigenvalue weighted by atomic mass is 10.0. The van der Waals surface area contributed by atoms with Gasteiger partial charge in [-0.2, -0.15) is 0 Å². The summed E-state index contributed by atoms with van der Waals surface area (Å²) in [6.07, 6.45) is 0.0154. The van der Waals surface area contributed by atoms with Gasteiger partial charge < -0.3 is 26.0 Å². The fraction of sp³-hybridized carbons (Fsp3) is 0.241. The normalized spacial score (nSPS) is 12.8. The number of benzene rings is 3. The highest BCUT2D eigenvalue weighted by Gasteiger charge is 2.24. The van der Waals surface area contributed by atoms with Crippen LogP contribution in [-0.2, 0) is 27.3 Å². The quantitative estimate of drug-likeness (QED) is 0.264. The molecule has 10 heteroatoms. The molecule has 4 N–H and O–H groups in total. The Labute approximate surface area is 231 Å². The van der Waals surface area contributed by atoms with Crippen molar-refractivity contribution in [1.82, 2.24) is 10.6 Å². The van der Waals surface area contributed by atoms with E-state index in [-0.39, 0.29) is 31.2 Å². The first kappa shape index (κ1) is 27.7. The van der Waals surface area contributed by atoms with Gasteiger partial charge in [0.05, 0.1) is 25.4 Å². The molecule has 0 aromatic heterocycles. The molecule has 202 valence electrons. The number of anilines is 2. The van der Waals surface area contributed by atoms with Crippen LogP contribution in [0.4, 0.5) is 16.2 Å². The maximum absolute atomic E-state index is 12.8. The van der Waals surface area contributed by atoms with Gasteiger partial charge in [0, 0.05) is 29.5 Å². The molecule has 4 rings (SSSR count). The molecule has 3 aromatic carbocycles. The lowest BCUT2D eigenvalue weighted by molar-refractivity contribution is -0.137. The van der Waals surface area contributed by atoms with E-state index < -0.39 is 17.9 Å². The third-order valence-electron chi connectivity index (χ3n) is 6.32. The van der Waals surface area contributed by atoms with E-state index >= 15 is 0 Å². The second-order valence-corrected chi connectivity index (χ2v) is 9.73. The maximum atomic E-state index is 12.8. The minimum absolute atomic E-state index is 0.0187. The van der Waals surface area contributed by atoms with E-state index in [1.807, 2.05) is 53.4 Å². The molecule has 9 nitrogen and oxygen atoms in total. The van der Waals surface area contributed by atoms with Gasteiger partial charge in [0.2, 0.25) is 5.91 Å². The number of urea groups is 1. The van der Waals surface area contributed by atoms with Crippen LogP contribution in [0.15, 0.2) is 72.8 Å². The average molecular weight is 549 g/mol. The lowest BCUT2D eigenvalue weighted by Gasteiger charge is -2.20. The summed E-state index contributed by atoms with van der Waals surface area (Å²) in [7, 11) is 0. The largest absolute Gasteiger partial charge is 0.481 e. The van der Waals surface area contributed by atoms with E-state index in [1.165, 1.54) is 0 Å². The first-order chi connectivity index (χ1) is 18.8. The number of nitrogens with zero attached hydrogens (tertiary/aromatic N) is 1. The summed E-state index contributed by atoms with van der Waals surface area (Å²) in [4.78, 5) is 51.0. The number of amides is 3. The summed E-state index contributed by atoms with van der Waals surface area (Å²) in [6.45, 7) is 1.02. The number of nitrogens with one attached hydrogen (secondary N) is 3. The summed E-state index contributed by atoms with van der Waals surface area (Å²) in [5.41, 5.74) is 4.00. The predicted octanol–water partition coefficient (Wildman–Crippen LogP) is 4.32. The SMILES string of the molecule is O=C(O)CC(NC(=O)CC(=O)CN1CCc2ccc(NC(=O)NCc3ccccc3)cc21)c1cccc(Cl)c1. The maximum Gasteiger partial charge on any atom is 0.319 e. The minimum atomic E-state index is -1.08. The molecule has 1 heterocycles. The van der Waals surface area contributed by atoms with Gasteiger partial charge in [0.1, 0.15) is 0 Å². The molecule has 39 heavy (non-hydrogen) atoms. The molecular formula is C29H29ClN4O5. The summed E-state index contributed by atoms with van der Waals surface area (Å²) in [5.74, 6) is -1.95. The first-order valence-electron chi connectivity index (χ1n) is 12.5. The van der Waals surface area contributed by atoms with Crippen LogP contribution in [0.25, 0.3) is 0 Å². The number of fused-ring (bicyclic) bond motifs is 1. The van der Waals surface area contributed by atoms with E-state index in [0.717, 1.165) is 23.2 Å². The highest BCUT2D eigenvalue weighted by molar-refractivity contribution is 6.30. The van der Waals surface area contributed by atoms with Gasteiger partial charge in [-0.3, -0.25) is 14.4 Å². The number of carbonyl (C=O) groups is 4. The van der Waals surface area contributed by atoms with Crippen molar-refractivity contribution in [2.45, 2.75) is 31.8 Å². The van der Waals surface area contributed by atoms with Crippen molar-refractivity contribution >= 4 is 46.7 Å². The molecular weight excluding hydrogens is 520 g/mol. The van der Waals surface area contributed by atoms with Crippen molar-refractivity contribution in [2.75, 3.05) is 23.3 Å². The molecule has 1 aliphatic rings. The minimum Gasteiger partial charge on any atom is -0.481 e. The molecule has 0 fully saturated rings. The van der Waals surface area contributed by atoms with E-state index in [9.17, 15) is 24.3 Å². The third-order valence-corrected chi connectivity index (χ3v) is 6.56. The number of rotatable bonds is 11. The number of ketones is 1. The Kier molecular flexibility index (Phi) is 9.17. The monoisotopic (exact) mass is 548 g/mol. The third kappa shape index (κ3) is 8.05. The van der Waals surface area contributed by atoms with Crippen LogP contribution >= 0.6 is 11.6 Å². The van der Waals surface area contributed by atoms with Gasteiger partial charge in [0.15, 0.2) is 5.78 Å². The number of carbonyl (C=O) groups excluding carboxylic acids is 3. The standard InChI is InChI=1S/C29H29ClN4O5/c30-22-8-4-7-21(13-22)25(16-28(37)38)33-27(36)15-24(35)18-34-12-11-20-9-10-23(14-26(20)34)32-29(39)31-17-19-5-2-1-3-6-19/h1-10,13-14,25H,11-12,15-18H2,(H,33,36)(H,37,38)(H2,31,32,39). The second kappa shape index (κ2) is 12.9. The van der Waals surface area contributed by atoms with E-state index in [0.29, 0.717) is 29.4 Å². The van der Waals surface area contributed by atoms with Crippen LogP contribution in [-0.4, -0.2) is 41.9 Å². The van der Waals surface area contributed by atoms with Crippen LogP contribution in [0.1, 0.15) is 35.6 Å². The fourth-order valence-corrected chi connectivity index (χ4v) is 4.68. The highest BCUT2D eigenvalue weighted by Crippen LogP contribution is 2.31. The molecule has 1 unspecified atom stereocenters. The van der Waals surface area contributed by atoms with Crippen molar-refractivity contribution in [1.29, 1.82) is 0 Å². The Balaban J connectivity index is 1.32. The van der Waals surface area contributed by atoms with Crippen LogP contribution in [0, 0.1) is 0 Å². The summed E-state index contributed by atoms with van der Waals surface area (Å²) in [6, 6.07) is 20.6. The number of Topliss-reactive ketones (excluding diaryl/α,β-unsaturated/α-hetero) is 1. The van der Waals surface area contributed by atoms with Crippen molar-refractivity contribution < 1.29 is 24.3 Å². The molecule has 0 bridgehead atoms. The molecule has 1 atom stereocenters. The number of aliphatic carboxylic acids is 1. The molecule has 0 saturated carbocycles. The van der Waals surface area contributed by atoms with Crippen LogP contribution in [0.2, 0.25) is 5.02 Å². The lowest BCUT2D eigenvalue weighted by Crippen LogP contribution is -2.35. The summed E-state index contributed by atoms with van der Waals surface area (Å²) >= 11 is 6.02. The van der Waals surface area contributed by atoms with Crippen molar-refractivity contribution in [2.24, 2.45) is 0 Å². The van der Waals surface area contributed by atoms with Crippen molar-refractivity contribution in [3.63, 3.8) is 0 Å². The molecule has 1 aliphatic heterocycles. The van der Waals surface area contributed by atoms with Crippen molar-refractivity contribution in [3.8, 4) is 0 Å². The van der Waals surface area contributed by atoms with Crippen LogP contribution in [0.3, 0.4) is 0 Å². The Hall–Kier alpha value is -4.37. The number of carboxylic acid groups (broad SMARTS) is 1. The summed E-state index contributed by atoms with van der Waals surface area (Å²) < 4.78 is 0. The van der Waals surface area contributed by atoms with Gasteiger partial charge >= 0.3 is 12.0 Å². The second-order valence-electron chi connectivity index (χ2n) is 9.30. The smallest absolute Gasteiger partial charge is 0.319 e. The zero-order valence-electron chi connectivity index (χ0n) is 21.2. The van der Waals surface area contributed by atoms with Gasteiger partial charge in [-0.25, -0.2) is 4.79 Å². The Morgan fingerprint density at radius 1 is 0.974 bits per heavy atom. The van der Waals surface area contributed by atoms with Crippen molar-refractivity contribution in [3.05, 3.63) is 94.5 Å². The first-order valence-corrected chi connectivity index (χ1v) is 12.9. The van der Waals surface area contributed by atoms with Gasteiger partial charge in [0.25, 0.3) is 0 Å². The van der Waals surface area contributed by atoms with E-state index in [1.54, 1.807) is 24.3 Å². The Bertz CT molecular complexity index is 1360. The summed E-state index contributed by atoms with van der Waals surface area (Å²) in [5, 5.41) is 18.0. The van der Waals surface area contributed by atoms with E-state index in [4.69, 9.17) is 11.6 Å². The number of carboxylic acids is 1. The van der Waals surface area contributed by atoms with E-state index in [2.05, 4.69) is 16.0 Å². The number of halogens is 1. The highest BCUT2D eigenvalue weighted by atomic mass is 35.5. The topological polar surface area (TPSA) is 128 Å². The molecule has 0 aliphatic carbocycles. The van der Waals surface area contributed by atoms with Gasteiger partial charge in [-0.1, -0.05) is 60.1 Å². The number of hydrogen-bond donors (Lipinski definition) is 4.